The lowest BCUT2D eigenvalue weighted by Gasteiger charge is -2.13. The van der Waals surface area contributed by atoms with Crippen LogP contribution in [0.2, 0.25) is 0 Å². The van der Waals surface area contributed by atoms with Gasteiger partial charge in [0.2, 0.25) is 0 Å². The summed E-state index contributed by atoms with van der Waals surface area (Å²) >= 11 is 3.48. The molecule has 0 aliphatic rings. The van der Waals surface area contributed by atoms with Crippen LogP contribution in [0.1, 0.15) is 18.4 Å². The number of benzene rings is 1. The van der Waals surface area contributed by atoms with E-state index in [9.17, 15) is 0 Å². The Morgan fingerprint density at radius 2 is 2.21 bits per heavy atom. The molecule has 14 heavy (non-hydrogen) atoms. The third kappa shape index (κ3) is 2.70. The summed E-state index contributed by atoms with van der Waals surface area (Å²) in [4.78, 5) is 4.62. The highest BCUT2D eigenvalue weighted by molar-refractivity contribution is 9.10. The lowest BCUT2D eigenvalue weighted by molar-refractivity contribution is 0.126. The summed E-state index contributed by atoms with van der Waals surface area (Å²) in [6.07, 6.45) is 0. The van der Waals surface area contributed by atoms with Gasteiger partial charge in [-0.1, -0.05) is 28.9 Å². The first-order valence-electron chi connectivity index (χ1n) is 4.34. The van der Waals surface area contributed by atoms with Gasteiger partial charge in [-0.25, -0.2) is 5.90 Å². The molecule has 1 rings (SSSR count). The van der Waals surface area contributed by atoms with Gasteiger partial charge in [0.15, 0.2) is 0 Å². The number of hydrogen-bond donors (Lipinski definition) is 1. The summed E-state index contributed by atoms with van der Waals surface area (Å²) < 4.78 is 6.12. The Kier molecular flexibility index (Phi) is 4.38. The molecular formula is C10H14BrNO2. The van der Waals surface area contributed by atoms with Crippen LogP contribution in [0.4, 0.5) is 0 Å². The Labute approximate surface area is 92.3 Å². The molecule has 0 fully saturated rings. The van der Waals surface area contributed by atoms with E-state index in [1.54, 1.807) is 7.11 Å². The normalized spacial score (nSPS) is 12.6. The number of ether oxygens (including phenoxy) is 1. The molecule has 1 unspecified atom stereocenters. The topological polar surface area (TPSA) is 44.5 Å². The van der Waals surface area contributed by atoms with Crippen LogP contribution < -0.4 is 10.6 Å². The van der Waals surface area contributed by atoms with Crippen molar-refractivity contribution in [3.63, 3.8) is 0 Å². The van der Waals surface area contributed by atoms with Crippen LogP contribution in [0, 0.1) is 0 Å². The van der Waals surface area contributed by atoms with Crippen molar-refractivity contribution in [3.8, 4) is 5.75 Å². The van der Waals surface area contributed by atoms with Gasteiger partial charge in [0.05, 0.1) is 13.7 Å². The molecule has 2 N–H and O–H groups in total. The van der Waals surface area contributed by atoms with Crippen LogP contribution in [-0.2, 0) is 4.84 Å². The van der Waals surface area contributed by atoms with Gasteiger partial charge in [0.1, 0.15) is 5.75 Å². The Morgan fingerprint density at radius 3 is 2.71 bits per heavy atom. The van der Waals surface area contributed by atoms with E-state index in [0.29, 0.717) is 6.61 Å². The van der Waals surface area contributed by atoms with Gasteiger partial charge in [0, 0.05) is 10.4 Å². The Hall–Kier alpha value is -0.580. The molecule has 0 aromatic heterocycles. The van der Waals surface area contributed by atoms with Crippen molar-refractivity contribution in [3.05, 3.63) is 28.2 Å². The van der Waals surface area contributed by atoms with Crippen molar-refractivity contribution in [2.75, 3.05) is 13.7 Å². The molecule has 1 atom stereocenters. The second kappa shape index (κ2) is 5.34. The van der Waals surface area contributed by atoms with Gasteiger partial charge in [-0.3, -0.25) is 0 Å². The molecule has 0 bridgehead atoms. The molecule has 3 nitrogen and oxygen atoms in total. The molecule has 78 valence electrons. The van der Waals surface area contributed by atoms with E-state index in [0.717, 1.165) is 15.8 Å². The maximum atomic E-state index is 5.10. The fraction of sp³-hybridized carbons (Fsp3) is 0.400. The molecule has 0 aliphatic carbocycles. The second-order valence-electron chi connectivity index (χ2n) is 3.12. The Bertz CT molecular complexity index is 304. The highest BCUT2D eigenvalue weighted by Crippen LogP contribution is 2.28. The van der Waals surface area contributed by atoms with Crippen LogP contribution in [0.25, 0.3) is 0 Å². The van der Waals surface area contributed by atoms with Crippen molar-refractivity contribution in [1.82, 2.24) is 0 Å². The predicted molar refractivity (Wildman–Crippen MR) is 59.2 cm³/mol. The van der Waals surface area contributed by atoms with Crippen LogP contribution in [0.5, 0.6) is 5.75 Å². The summed E-state index contributed by atoms with van der Waals surface area (Å²) in [5, 5.41) is 0. The predicted octanol–water partition coefficient (Wildman–Crippen LogP) is 2.45. The number of nitrogens with two attached hydrogens (primary N) is 1. The molecule has 0 saturated carbocycles. The fourth-order valence-electron chi connectivity index (χ4n) is 1.27. The van der Waals surface area contributed by atoms with E-state index >= 15 is 0 Å². The lowest BCUT2D eigenvalue weighted by Crippen LogP contribution is -2.08. The first-order valence-corrected chi connectivity index (χ1v) is 5.13. The van der Waals surface area contributed by atoms with Crippen molar-refractivity contribution in [2.24, 2.45) is 5.90 Å². The van der Waals surface area contributed by atoms with Gasteiger partial charge < -0.3 is 9.57 Å². The lowest BCUT2D eigenvalue weighted by atomic mass is 10.0. The van der Waals surface area contributed by atoms with Crippen LogP contribution in [0.15, 0.2) is 22.7 Å². The summed E-state index contributed by atoms with van der Waals surface area (Å²) in [6.45, 7) is 2.56. The van der Waals surface area contributed by atoms with E-state index in [2.05, 4.69) is 27.7 Å². The minimum Gasteiger partial charge on any atom is -0.497 e. The fourth-order valence-corrected chi connectivity index (χ4v) is 2.02. The highest BCUT2D eigenvalue weighted by atomic mass is 79.9. The molecule has 1 aromatic rings. The third-order valence-corrected chi connectivity index (χ3v) is 2.77. The summed E-state index contributed by atoms with van der Waals surface area (Å²) in [5.41, 5.74) is 1.16. The van der Waals surface area contributed by atoms with Crippen molar-refractivity contribution < 1.29 is 9.57 Å². The molecule has 0 amide bonds. The van der Waals surface area contributed by atoms with E-state index in [4.69, 9.17) is 10.6 Å². The Morgan fingerprint density at radius 1 is 1.50 bits per heavy atom. The first kappa shape index (κ1) is 11.5. The zero-order valence-corrected chi connectivity index (χ0v) is 9.87. The molecular weight excluding hydrogens is 246 g/mol. The zero-order chi connectivity index (χ0) is 10.6. The van der Waals surface area contributed by atoms with Gasteiger partial charge >= 0.3 is 0 Å². The minimum atomic E-state index is 0.264. The first-order chi connectivity index (χ1) is 6.69. The average Bonchev–Trinajstić information content (AvgIpc) is 2.17. The quantitative estimate of drug-likeness (QED) is 0.846. The molecule has 1 aromatic carbocycles. The summed E-state index contributed by atoms with van der Waals surface area (Å²) in [6, 6.07) is 5.86. The molecule has 0 radical (unpaired) electrons. The molecule has 0 heterocycles. The monoisotopic (exact) mass is 259 g/mol. The van der Waals surface area contributed by atoms with Gasteiger partial charge in [-0.15, -0.1) is 0 Å². The van der Waals surface area contributed by atoms with Crippen molar-refractivity contribution >= 4 is 15.9 Å². The number of methoxy groups -OCH3 is 1. The number of hydrogen-bond acceptors (Lipinski definition) is 3. The van der Waals surface area contributed by atoms with Crippen molar-refractivity contribution in [1.29, 1.82) is 0 Å². The van der Waals surface area contributed by atoms with Crippen LogP contribution >= 0.6 is 15.9 Å². The summed E-state index contributed by atoms with van der Waals surface area (Å²) in [5.74, 6) is 6.13. The molecule has 0 saturated heterocycles. The molecule has 0 spiro atoms. The van der Waals surface area contributed by atoms with Crippen LogP contribution in [-0.4, -0.2) is 13.7 Å². The second-order valence-corrected chi connectivity index (χ2v) is 3.98. The van der Waals surface area contributed by atoms with Gasteiger partial charge in [-0.2, -0.15) is 0 Å². The van der Waals surface area contributed by atoms with E-state index in [1.807, 2.05) is 18.2 Å². The molecule has 4 heteroatoms. The smallest absolute Gasteiger partial charge is 0.120 e. The highest BCUT2D eigenvalue weighted by Gasteiger charge is 2.09. The Balaban J connectivity index is 2.88. The average molecular weight is 260 g/mol. The minimum absolute atomic E-state index is 0.264. The molecule has 0 aliphatic heterocycles. The maximum absolute atomic E-state index is 5.10. The van der Waals surface area contributed by atoms with Crippen LogP contribution in [0.3, 0.4) is 0 Å². The third-order valence-electron chi connectivity index (χ3n) is 2.08. The number of rotatable bonds is 4. The maximum Gasteiger partial charge on any atom is 0.120 e. The standard InChI is InChI=1S/C10H14BrNO2/c1-7(6-14-12)9-4-3-8(13-2)5-10(9)11/h3-5,7H,6,12H2,1-2H3. The zero-order valence-electron chi connectivity index (χ0n) is 8.29. The van der Waals surface area contributed by atoms with Crippen molar-refractivity contribution in [2.45, 2.75) is 12.8 Å². The van der Waals surface area contributed by atoms with E-state index < -0.39 is 0 Å². The van der Waals surface area contributed by atoms with E-state index in [-0.39, 0.29) is 5.92 Å². The van der Waals surface area contributed by atoms with E-state index in [1.165, 1.54) is 0 Å². The number of halogens is 1. The largest absolute Gasteiger partial charge is 0.497 e. The summed E-state index contributed by atoms with van der Waals surface area (Å²) in [7, 11) is 1.65. The van der Waals surface area contributed by atoms with Gasteiger partial charge in [-0.05, 0) is 17.7 Å². The SMILES string of the molecule is COc1ccc(C(C)CON)c(Br)c1. The van der Waals surface area contributed by atoms with Gasteiger partial charge in [0.25, 0.3) is 0 Å².